The van der Waals surface area contributed by atoms with Crippen molar-refractivity contribution >= 4 is 16.2 Å². The average Bonchev–Trinajstić information content (AvgIpc) is 2.42. The van der Waals surface area contributed by atoms with Crippen LogP contribution in [0, 0.1) is 23.2 Å². The van der Waals surface area contributed by atoms with E-state index in [1.54, 1.807) is 20.8 Å². The third kappa shape index (κ3) is 5.07. The second-order valence-electron chi connectivity index (χ2n) is 4.69. The second kappa shape index (κ2) is 8.19. The Balaban J connectivity index is 4.92. The van der Waals surface area contributed by atoms with Crippen LogP contribution in [0.5, 0.6) is 0 Å². The van der Waals surface area contributed by atoms with Crippen molar-refractivity contribution in [2.75, 3.05) is 33.8 Å². The van der Waals surface area contributed by atoms with Gasteiger partial charge in [-0.15, -0.1) is 0 Å². The summed E-state index contributed by atoms with van der Waals surface area (Å²) in [5.74, 6) is -1.40. The quantitative estimate of drug-likeness (QED) is 0.607. The van der Waals surface area contributed by atoms with Crippen LogP contribution in [0.1, 0.15) is 20.8 Å². The third-order valence-electron chi connectivity index (χ3n) is 2.91. The lowest BCUT2D eigenvalue weighted by Gasteiger charge is -2.28. The fourth-order valence-electron chi connectivity index (χ4n) is 1.69. The summed E-state index contributed by atoms with van der Waals surface area (Å²) in [6.45, 7) is 5.41. The van der Waals surface area contributed by atoms with Crippen LogP contribution in [-0.4, -0.2) is 56.8 Å². The van der Waals surface area contributed by atoms with E-state index < -0.39 is 28.0 Å². The van der Waals surface area contributed by atoms with Crippen LogP contribution < -0.4 is 0 Å². The van der Waals surface area contributed by atoms with E-state index in [0.717, 1.165) is 4.31 Å². The Kier molecular flexibility index (Phi) is 7.71. The van der Waals surface area contributed by atoms with Crippen LogP contribution in [0.3, 0.4) is 0 Å². The van der Waals surface area contributed by atoms with Gasteiger partial charge in [0, 0.05) is 26.7 Å². The number of esters is 1. The predicted molar refractivity (Wildman–Crippen MR) is 74.8 cm³/mol. The van der Waals surface area contributed by atoms with E-state index in [-0.39, 0.29) is 19.6 Å². The molecular formula is C12H23N3O4S. The molecule has 0 N–H and O–H groups in total. The third-order valence-corrected chi connectivity index (χ3v) is 4.90. The van der Waals surface area contributed by atoms with Gasteiger partial charge in [0.15, 0.2) is 0 Å². The van der Waals surface area contributed by atoms with Crippen LogP contribution in [0.2, 0.25) is 0 Å². The van der Waals surface area contributed by atoms with E-state index in [2.05, 4.69) is 4.74 Å². The molecular weight excluding hydrogens is 282 g/mol. The maximum absolute atomic E-state index is 12.3. The summed E-state index contributed by atoms with van der Waals surface area (Å²) < 4.78 is 31.6. The molecule has 0 aromatic rings. The van der Waals surface area contributed by atoms with E-state index in [0.29, 0.717) is 0 Å². The Labute approximate surface area is 121 Å². The molecule has 2 atom stereocenters. The van der Waals surface area contributed by atoms with Gasteiger partial charge in [-0.3, -0.25) is 4.79 Å². The average molecular weight is 305 g/mol. The van der Waals surface area contributed by atoms with Crippen molar-refractivity contribution in [2.24, 2.45) is 11.8 Å². The summed E-state index contributed by atoms with van der Waals surface area (Å²) in [4.78, 5) is 11.3. The SMILES string of the molecule is CCN(C[C@H](C)C#N)S(=O)(=O)N(C)C[C@@H](C)C(=O)OC. The van der Waals surface area contributed by atoms with Crippen molar-refractivity contribution in [3.8, 4) is 6.07 Å². The molecule has 0 aliphatic rings. The van der Waals surface area contributed by atoms with E-state index in [9.17, 15) is 13.2 Å². The van der Waals surface area contributed by atoms with Gasteiger partial charge in [-0.05, 0) is 6.92 Å². The zero-order valence-electron chi connectivity index (χ0n) is 12.7. The fourth-order valence-corrected chi connectivity index (χ4v) is 3.23. The maximum Gasteiger partial charge on any atom is 0.309 e. The lowest BCUT2D eigenvalue weighted by atomic mass is 10.2. The van der Waals surface area contributed by atoms with Gasteiger partial charge in [0.25, 0.3) is 10.2 Å². The van der Waals surface area contributed by atoms with Crippen molar-refractivity contribution in [2.45, 2.75) is 20.8 Å². The van der Waals surface area contributed by atoms with Gasteiger partial charge in [-0.2, -0.15) is 22.3 Å². The van der Waals surface area contributed by atoms with Gasteiger partial charge in [0.05, 0.1) is 25.0 Å². The van der Waals surface area contributed by atoms with E-state index in [4.69, 9.17) is 5.26 Å². The Morgan fingerprint density at radius 1 is 1.35 bits per heavy atom. The molecule has 0 aliphatic carbocycles. The first-order chi connectivity index (χ1) is 9.20. The van der Waals surface area contributed by atoms with Crippen LogP contribution in [0.4, 0.5) is 0 Å². The van der Waals surface area contributed by atoms with Gasteiger partial charge in [-0.25, -0.2) is 0 Å². The van der Waals surface area contributed by atoms with Crippen LogP contribution in [0.15, 0.2) is 0 Å². The molecule has 0 heterocycles. The summed E-state index contributed by atoms with van der Waals surface area (Å²) in [5.41, 5.74) is 0. The van der Waals surface area contributed by atoms with E-state index >= 15 is 0 Å². The number of methoxy groups -OCH3 is 1. The highest BCUT2D eigenvalue weighted by Gasteiger charge is 2.29. The van der Waals surface area contributed by atoms with Crippen LogP contribution >= 0.6 is 0 Å². The molecule has 0 aromatic heterocycles. The zero-order valence-corrected chi connectivity index (χ0v) is 13.5. The van der Waals surface area contributed by atoms with Gasteiger partial charge < -0.3 is 4.74 Å². The molecule has 0 amide bonds. The van der Waals surface area contributed by atoms with Crippen molar-refractivity contribution in [1.82, 2.24) is 8.61 Å². The Bertz CT molecular complexity index is 458. The molecule has 0 fully saturated rings. The Morgan fingerprint density at radius 3 is 2.30 bits per heavy atom. The largest absolute Gasteiger partial charge is 0.469 e. The Morgan fingerprint density at radius 2 is 1.90 bits per heavy atom. The molecule has 0 radical (unpaired) electrons. The number of nitrogens with zero attached hydrogens (tertiary/aromatic N) is 3. The summed E-state index contributed by atoms with van der Waals surface area (Å²) in [5, 5.41) is 8.79. The molecule has 116 valence electrons. The molecule has 0 spiro atoms. The molecule has 0 aliphatic heterocycles. The van der Waals surface area contributed by atoms with Gasteiger partial charge >= 0.3 is 5.97 Å². The van der Waals surface area contributed by atoms with Gasteiger partial charge in [-0.1, -0.05) is 13.8 Å². The van der Waals surface area contributed by atoms with Crippen molar-refractivity contribution in [1.29, 1.82) is 5.26 Å². The highest BCUT2D eigenvalue weighted by molar-refractivity contribution is 7.86. The number of hydrogen-bond donors (Lipinski definition) is 0. The molecule has 0 aromatic carbocycles. The summed E-state index contributed by atoms with van der Waals surface area (Å²) in [6, 6.07) is 2.01. The number of nitriles is 1. The number of hydrogen-bond acceptors (Lipinski definition) is 5. The summed E-state index contributed by atoms with van der Waals surface area (Å²) in [7, 11) is -1.01. The predicted octanol–water partition coefficient (Wildman–Crippen LogP) is 0.454. The van der Waals surface area contributed by atoms with Crippen molar-refractivity contribution < 1.29 is 17.9 Å². The molecule has 20 heavy (non-hydrogen) atoms. The van der Waals surface area contributed by atoms with Gasteiger partial charge in [0.2, 0.25) is 0 Å². The molecule has 7 nitrogen and oxygen atoms in total. The molecule has 0 bridgehead atoms. The number of carbonyl (C=O) groups excluding carboxylic acids is 1. The first kappa shape index (κ1) is 18.8. The monoisotopic (exact) mass is 305 g/mol. The lowest BCUT2D eigenvalue weighted by Crippen LogP contribution is -2.45. The van der Waals surface area contributed by atoms with Crippen molar-refractivity contribution in [3.05, 3.63) is 0 Å². The molecule has 0 rings (SSSR count). The zero-order chi connectivity index (χ0) is 15.9. The molecule has 0 saturated heterocycles. The molecule has 0 unspecified atom stereocenters. The maximum atomic E-state index is 12.3. The smallest absolute Gasteiger partial charge is 0.309 e. The Hall–Kier alpha value is -1.17. The number of ether oxygens (including phenoxy) is 1. The first-order valence-electron chi connectivity index (χ1n) is 6.39. The molecule has 8 heteroatoms. The first-order valence-corrected chi connectivity index (χ1v) is 7.79. The lowest BCUT2D eigenvalue weighted by molar-refractivity contribution is -0.145. The molecule has 0 saturated carbocycles. The van der Waals surface area contributed by atoms with Gasteiger partial charge in [0.1, 0.15) is 0 Å². The number of carbonyl (C=O) groups is 1. The fraction of sp³-hybridized carbons (Fsp3) is 0.833. The summed E-state index contributed by atoms with van der Waals surface area (Å²) in [6.07, 6.45) is 0. The normalized spacial score (nSPS) is 14.9. The topological polar surface area (TPSA) is 90.7 Å². The standard InChI is InChI=1S/C12H23N3O4S/c1-6-15(8-10(2)7-13)20(17,18)14(4)9-11(3)12(16)19-5/h10-11H,6,8-9H2,1-5H3/t10-,11-/m1/s1. The minimum Gasteiger partial charge on any atom is -0.469 e. The minimum absolute atomic E-state index is 0.0342. The van der Waals surface area contributed by atoms with E-state index in [1.807, 2.05) is 6.07 Å². The minimum atomic E-state index is -3.69. The van der Waals surface area contributed by atoms with Crippen LogP contribution in [-0.2, 0) is 19.7 Å². The number of rotatable bonds is 8. The van der Waals surface area contributed by atoms with E-state index in [1.165, 1.54) is 18.5 Å². The second-order valence-corrected chi connectivity index (χ2v) is 6.73. The summed E-state index contributed by atoms with van der Waals surface area (Å²) >= 11 is 0. The van der Waals surface area contributed by atoms with Crippen LogP contribution in [0.25, 0.3) is 0 Å². The highest BCUT2D eigenvalue weighted by Crippen LogP contribution is 2.12. The van der Waals surface area contributed by atoms with Crippen molar-refractivity contribution in [3.63, 3.8) is 0 Å². The highest BCUT2D eigenvalue weighted by atomic mass is 32.2.